The molecule has 0 unspecified atom stereocenters. The number of fused-ring (bicyclic) bond motifs is 1. The van der Waals surface area contributed by atoms with Crippen LogP contribution < -0.4 is 5.32 Å². The molecular formula is C10H9BrN2O. The van der Waals surface area contributed by atoms with Crippen LogP contribution in [-0.4, -0.2) is 17.4 Å². The zero-order valence-corrected chi connectivity index (χ0v) is 9.21. The first-order valence-corrected chi connectivity index (χ1v) is 5.01. The monoisotopic (exact) mass is 252 g/mol. The number of aromatic nitrogens is 1. The van der Waals surface area contributed by atoms with Crippen molar-refractivity contribution in [3.05, 3.63) is 40.6 Å². The average molecular weight is 253 g/mol. The number of carbonyl (C=O) groups is 1. The Morgan fingerprint density at radius 3 is 3.00 bits per heavy atom. The molecule has 2 heterocycles. The molecule has 0 saturated heterocycles. The first-order valence-electron chi connectivity index (χ1n) is 4.21. The Labute approximate surface area is 89.9 Å². The molecule has 0 atom stereocenters. The Morgan fingerprint density at radius 1 is 1.50 bits per heavy atom. The van der Waals surface area contributed by atoms with Crippen molar-refractivity contribution < 1.29 is 4.79 Å². The van der Waals surface area contributed by atoms with Crippen molar-refractivity contribution in [1.29, 1.82) is 0 Å². The van der Waals surface area contributed by atoms with E-state index in [1.54, 1.807) is 7.05 Å². The molecule has 3 nitrogen and oxygen atoms in total. The van der Waals surface area contributed by atoms with Gasteiger partial charge in [-0.1, -0.05) is 6.07 Å². The zero-order chi connectivity index (χ0) is 10.1. The number of nitrogens with one attached hydrogen (secondary N) is 1. The Bertz CT molecular complexity index is 490. The Kier molecular flexibility index (Phi) is 2.29. The van der Waals surface area contributed by atoms with E-state index in [-0.39, 0.29) is 5.91 Å². The third-order valence-electron chi connectivity index (χ3n) is 2.10. The van der Waals surface area contributed by atoms with Crippen LogP contribution in [0.2, 0.25) is 0 Å². The van der Waals surface area contributed by atoms with E-state index in [0.29, 0.717) is 5.56 Å². The zero-order valence-electron chi connectivity index (χ0n) is 7.62. The lowest BCUT2D eigenvalue weighted by Gasteiger charge is -1.97. The maximum absolute atomic E-state index is 11.5. The van der Waals surface area contributed by atoms with Crippen molar-refractivity contribution in [2.45, 2.75) is 0 Å². The molecule has 0 aliphatic carbocycles. The van der Waals surface area contributed by atoms with Gasteiger partial charge in [-0.15, -0.1) is 0 Å². The van der Waals surface area contributed by atoms with Gasteiger partial charge in [0.15, 0.2) is 0 Å². The largest absolute Gasteiger partial charge is 0.355 e. The van der Waals surface area contributed by atoms with Gasteiger partial charge in [0.05, 0.1) is 15.7 Å². The summed E-state index contributed by atoms with van der Waals surface area (Å²) in [4.78, 5) is 11.5. The number of hydrogen-bond donors (Lipinski definition) is 1. The fraction of sp³-hybridized carbons (Fsp3) is 0.100. The van der Waals surface area contributed by atoms with Crippen molar-refractivity contribution in [2.24, 2.45) is 0 Å². The normalized spacial score (nSPS) is 10.4. The SMILES string of the molecule is CNC(=O)c1cc(Br)n2ccccc12. The second-order valence-electron chi connectivity index (χ2n) is 2.92. The Balaban J connectivity index is 2.72. The van der Waals surface area contributed by atoms with E-state index in [4.69, 9.17) is 0 Å². The van der Waals surface area contributed by atoms with Crippen molar-refractivity contribution in [3.63, 3.8) is 0 Å². The summed E-state index contributed by atoms with van der Waals surface area (Å²) in [7, 11) is 1.63. The molecule has 0 spiro atoms. The standard InChI is InChI=1S/C10H9BrN2O/c1-12-10(14)7-6-9(11)13-5-3-2-4-8(7)13/h2-6H,1H3,(H,12,14). The van der Waals surface area contributed by atoms with Gasteiger partial charge in [0.25, 0.3) is 5.91 Å². The molecule has 1 amide bonds. The smallest absolute Gasteiger partial charge is 0.253 e. The van der Waals surface area contributed by atoms with Crippen molar-refractivity contribution in [1.82, 2.24) is 9.72 Å². The van der Waals surface area contributed by atoms with Crippen LogP contribution in [-0.2, 0) is 0 Å². The van der Waals surface area contributed by atoms with Gasteiger partial charge >= 0.3 is 0 Å². The van der Waals surface area contributed by atoms with E-state index < -0.39 is 0 Å². The summed E-state index contributed by atoms with van der Waals surface area (Å²) in [5.41, 5.74) is 1.58. The van der Waals surface area contributed by atoms with Crippen LogP contribution in [0.25, 0.3) is 5.52 Å². The number of halogens is 1. The lowest BCUT2D eigenvalue weighted by Crippen LogP contribution is -2.17. The Morgan fingerprint density at radius 2 is 2.29 bits per heavy atom. The van der Waals surface area contributed by atoms with Gasteiger partial charge in [-0.3, -0.25) is 4.79 Å². The summed E-state index contributed by atoms with van der Waals surface area (Å²) < 4.78 is 2.80. The molecule has 2 aromatic rings. The van der Waals surface area contributed by atoms with Gasteiger partial charge < -0.3 is 9.72 Å². The second-order valence-corrected chi connectivity index (χ2v) is 3.73. The summed E-state index contributed by atoms with van der Waals surface area (Å²) in [5.74, 6) is -0.0700. The molecular weight excluding hydrogens is 244 g/mol. The number of rotatable bonds is 1. The molecule has 14 heavy (non-hydrogen) atoms. The van der Waals surface area contributed by atoms with Gasteiger partial charge in [-0.2, -0.15) is 0 Å². The summed E-state index contributed by atoms with van der Waals surface area (Å²) in [6.07, 6.45) is 1.91. The van der Waals surface area contributed by atoms with Gasteiger partial charge in [0.2, 0.25) is 0 Å². The minimum Gasteiger partial charge on any atom is -0.355 e. The molecule has 2 aromatic heterocycles. The maximum Gasteiger partial charge on any atom is 0.253 e. The van der Waals surface area contributed by atoms with Crippen molar-refractivity contribution >= 4 is 27.4 Å². The molecule has 0 radical (unpaired) electrons. The minimum atomic E-state index is -0.0700. The van der Waals surface area contributed by atoms with Crippen molar-refractivity contribution in [2.75, 3.05) is 7.05 Å². The lowest BCUT2D eigenvalue weighted by molar-refractivity contribution is 0.0965. The predicted molar refractivity (Wildman–Crippen MR) is 58.5 cm³/mol. The van der Waals surface area contributed by atoms with Crippen LogP contribution in [0, 0.1) is 0 Å². The molecule has 0 aliphatic rings. The van der Waals surface area contributed by atoms with E-state index in [9.17, 15) is 4.79 Å². The fourth-order valence-electron chi connectivity index (χ4n) is 1.43. The fourth-order valence-corrected chi connectivity index (χ4v) is 1.97. The summed E-state index contributed by atoms with van der Waals surface area (Å²) in [6, 6.07) is 7.56. The highest BCUT2D eigenvalue weighted by molar-refractivity contribution is 9.10. The molecule has 0 bridgehead atoms. The second kappa shape index (κ2) is 3.46. The van der Waals surface area contributed by atoms with Crippen LogP contribution in [0.1, 0.15) is 10.4 Å². The maximum atomic E-state index is 11.5. The minimum absolute atomic E-state index is 0.0700. The summed E-state index contributed by atoms with van der Waals surface area (Å²) in [6.45, 7) is 0. The highest BCUT2D eigenvalue weighted by Gasteiger charge is 2.11. The Hall–Kier alpha value is -1.29. The first-order chi connectivity index (χ1) is 6.74. The summed E-state index contributed by atoms with van der Waals surface area (Å²) in [5, 5.41) is 2.61. The first kappa shape index (κ1) is 9.27. The third kappa shape index (κ3) is 1.32. The van der Waals surface area contributed by atoms with Gasteiger partial charge in [-0.25, -0.2) is 0 Å². The topological polar surface area (TPSA) is 33.5 Å². The average Bonchev–Trinajstić information content (AvgIpc) is 2.56. The van der Waals surface area contributed by atoms with E-state index in [2.05, 4.69) is 21.2 Å². The van der Waals surface area contributed by atoms with Gasteiger partial charge in [-0.05, 0) is 34.1 Å². The van der Waals surface area contributed by atoms with Crippen LogP contribution in [0.4, 0.5) is 0 Å². The molecule has 2 rings (SSSR count). The lowest BCUT2D eigenvalue weighted by atomic mass is 10.2. The molecule has 72 valence electrons. The van der Waals surface area contributed by atoms with Crippen LogP contribution in [0.5, 0.6) is 0 Å². The molecule has 1 N–H and O–H groups in total. The number of amides is 1. The highest BCUT2D eigenvalue weighted by Crippen LogP contribution is 2.20. The number of carbonyl (C=O) groups excluding carboxylic acids is 1. The molecule has 4 heteroatoms. The van der Waals surface area contributed by atoms with Crippen LogP contribution >= 0.6 is 15.9 Å². The number of pyridine rings is 1. The molecule has 0 saturated carbocycles. The predicted octanol–water partition coefficient (Wildman–Crippen LogP) is 2.06. The van der Waals surface area contributed by atoms with Crippen LogP contribution in [0.15, 0.2) is 35.1 Å². The number of hydrogen-bond acceptors (Lipinski definition) is 1. The summed E-state index contributed by atoms with van der Waals surface area (Å²) >= 11 is 3.40. The number of nitrogens with zero attached hydrogens (tertiary/aromatic N) is 1. The van der Waals surface area contributed by atoms with E-state index >= 15 is 0 Å². The molecule has 0 aliphatic heterocycles. The van der Waals surface area contributed by atoms with E-state index in [0.717, 1.165) is 10.1 Å². The molecule has 0 fully saturated rings. The van der Waals surface area contributed by atoms with Gasteiger partial charge in [0, 0.05) is 13.2 Å². The molecule has 0 aromatic carbocycles. The third-order valence-corrected chi connectivity index (χ3v) is 2.71. The quantitative estimate of drug-likeness (QED) is 0.829. The van der Waals surface area contributed by atoms with Crippen molar-refractivity contribution in [3.8, 4) is 0 Å². The van der Waals surface area contributed by atoms with Crippen LogP contribution in [0.3, 0.4) is 0 Å². The van der Waals surface area contributed by atoms with Gasteiger partial charge in [0.1, 0.15) is 0 Å². The highest BCUT2D eigenvalue weighted by atomic mass is 79.9. The van der Waals surface area contributed by atoms with E-state index in [1.165, 1.54) is 0 Å². The van der Waals surface area contributed by atoms with E-state index in [1.807, 2.05) is 34.9 Å².